The van der Waals surface area contributed by atoms with E-state index in [-0.39, 0.29) is 0 Å². The number of fused-ring (bicyclic) bond motifs is 1. The summed E-state index contributed by atoms with van der Waals surface area (Å²) in [5.41, 5.74) is 4.82. The summed E-state index contributed by atoms with van der Waals surface area (Å²) in [6.45, 7) is 10.3. The molecule has 1 aromatic rings. The van der Waals surface area contributed by atoms with E-state index in [9.17, 15) is 0 Å². The molecule has 0 saturated heterocycles. The van der Waals surface area contributed by atoms with Crippen LogP contribution in [0.4, 0.5) is 0 Å². The van der Waals surface area contributed by atoms with Crippen LogP contribution in [0.5, 0.6) is 0 Å². The minimum absolute atomic E-state index is 0.295. The molecule has 1 heteroatoms. The van der Waals surface area contributed by atoms with Gasteiger partial charge in [0.05, 0.1) is 0 Å². The number of rotatable bonds is 0. The smallest absolute Gasteiger partial charge is 0.0372 e. The summed E-state index contributed by atoms with van der Waals surface area (Å²) in [4.78, 5) is 0. The summed E-state index contributed by atoms with van der Waals surface area (Å²) in [5.74, 6) is 0. The van der Waals surface area contributed by atoms with E-state index in [4.69, 9.17) is 0 Å². The van der Waals surface area contributed by atoms with E-state index in [1.54, 1.807) is 5.56 Å². The summed E-state index contributed by atoms with van der Waals surface area (Å²) < 4.78 is 0. The Bertz CT molecular complexity index is 360. The second-order valence-corrected chi connectivity index (χ2v) is 5.65. The van der Waals surface area contributed by atoms with Gasteiger partial charge < -0.3 is 5.32 Å². The Morgan fingerprint density at radius 2 is 2.00 bits per heavy atom. The summed E-state index contributed by atoms with van der Waals surface area (Å²) in [7, 11) is 0. The van der Waals surface area contributed by atoms with E-state index in [0.29, 0.717) is 11.5 Å². The summed E-state index contributed by atoms with van der Waals surface area (Å²) in [5, 5.41) is 3.64. The highest BCUT2D eigenvalue weighted by Crippen LogP contribution is 2.37. The van der Waals surface area contributed by atoms with E-state index in [2.05, 4.69) is 51.2 Å². The van der Waals surface area contributed by atoms with Gasteiger partial charge in [-0.25, -0.2) is 0 Å². The largest absolute Gasteiger partial charge is 0.309 e. The molecule has 0 amide bonds. The van der Waals surface area contributed by atoms with Gasteiger partial charge in [0.25, 0.3) is 0 Å². The van der Waals surface area contributed by atoms with Crippen molar-refractivity contribution in [2.75, 3.05) is 6.54 Å². The molecule has 0 spiro atoms. The summed E-state index contributed by atoms with van der Waals surface area (Å²) >= 11 is 0. The van der Waals surface area contributed by atoms with Crippen LogP contribution in [-0.2, 0) is 6.42 Å². The van der Waals surface area contributed by atoms with Crippen LogP contribution in [0.15, 0.2) is 18.2 Å². The zero-order valence-electron chi connectivity index (χ0n) is 10.2. The highest BCUT2D eigenvalue weighted by atomic mass is 14.9. The predicted octanol–water partition coefficient (Wildman–Crippen LogP) is 3.23. The van der Waals surface area contributed by atoms with Gasteiger partial charge in [0.1, 0.15) is 0 Å². The fourth-order valence-electron chi connectivity index (χ4n) is 2.56. The van der Waals surface area contributed by atoms with Gasteiger partial charge >= 0.3 is 0 Å². The Kier molecular flexibility index (Phi) is 2.59. The SMILES string of the molecule is Cc1cccc2c1CCNC2C(C)(C)C. The highest BCUT2D eigenvalue weighted by Gasteiger charge is 2.30. The van der Waals surface area contributed by atoms with Crippen molar-refractivity contribution in [1.29, 1.82) is 0 Å². The van der Waals surface area contributed by atoms with Crippen molar-refractivity contribution in [3.05, 3.63) is 34.9 Å². The number of hydrogen-bond acceptors (Lipinski definition) is 1. The number of aryl methyl sites for hydroxylation is 1. The minimum Gasteiger partial charge on any atom is -0.309 e. The van der Waals surface area contributed by atoms with Crippen molar-refractivity contribution in [2.45, 2.75) is 40.2 Å². The van der Waals surface area contributed by atoms with Crippen LogP contribution in [-0.4, -0.2) is 6.54 Å². The molecule has 1 nitrogen and oxygen atoms in total. The van der Waals surface area contributed by atoms with E-state index < -0.39 is 0 Å². The maximum atomic E-state index is 3.64. The maximum Gasteiger partial charge on any atom is 0.0372 e. The first-order valence-corrected chi connectivity index (χ1v) is 5.82. The third kappa shape index (κ3) is 1.93. The van der Waals surface area contributed by atoms with Gasteiger partial charge in [-0.05, 0) is 42.0 Å². The molecule has 0 aliphatic carbocycles. The standard InChI is InChI=1S/C14H21N/c1-10-6-5-7-12-11(10)8-9-15-13(12)14(2,3)4/h5-7,13,15H,8-9H2,1-4H3. The molecule has 0 aromatic heterocycles. The number of hydrogen-bond donors (Lipinski definition) is 1. The Balaban J connectivity index is 2.48. The number of benzene rings is 1. The molecule has 1 unspecified atom stereocenters. The molecular weight excluding hydrogens is 182 g/mol. The highest BCUT2D eigenvalue weighted by molar-refractivity contribution is 5.39. The Labute approximate surface area is 92.9 Å². The molecule has 2 rings (SSSR count). The zero-order chi connectivity index (χ0) is 11.1. The molecule has 1 aromatic carbocycles. The Morgan fingerprint density at radius 3 is 2.67 bits per heavy atom. The molecule has 0 radical (unpaired) electrons. The molecule has 0 saturated carbocycles. The van der Waals surface area contributed by atoms with Crippen molar-refractivity contribution in [2.24, 2.45) is 5.41 Å². The first-order valence-electron chi connectivity index (χ1n) is 5.82. The summed E-state index contributed by atoms with van der Waals surface area (Å²) in [6.07, 6.45) is 1.18. The molecular formula is C14H21N. The van der Waals surface area contributed by atoms with Gasteiger partial charge in [-0.15, -0.1) is 0 Å². The quantitative estimate of drug-likeness (QED) is 0.682. The fraction of sp³-hybridized carbons (Fsp3) is 0.571. The van der Waals surface area contributed by atoms with Crippen LogP contribution in [0, 0.1) is 12.3 Å². The Hall–Kier alpha value is -0.820. The minimum atomic E-state index is 0.295. The monoisotopic (exact) mass is 203 g/mol. The van der Waals surface area contributed by atoms with E-state index in [1.165, 1.54) is 17.5 Å². The van der Waals surface area contributed by atoms with Crippen molar-refractivity contribution in [3.8, 4) is 0 Å². The van der Waals surface area contributed by atoms with Crippen LogP contribution in [0.2, 0.25) is 0 Å². The van der Waals surface area contributed by atoms with Gasteiger partial charge in [0.15, 0.2) is 0 Å². The number of nitrogens with one attached hydrogen (secondary N) is 1. The molecule has 82 valence electrons. The van der Waals surface area contributed by atoms with Gasteiger partial charge in [-0.1, -0.05) is 39.0 Å². The second-order valence-electron chi connectivity index (χ2n) is 5.65. The molecule has 1 aliphatic rings. The molecule has 1 atom stereocenters. The third-order valence-corrected chi connectivity index (χ3v) is 3.35. The van der Waals surface area contributed by atoms with Crippen LogP contribution in [0.3, 0.4) is 0 Å². The van der Waals surface area contributed by atoms with Gasteiger partial charge in [-0.2, -0.15) is 0 Å². The van der Waals surface area contributed by atoms with Crippen molar-refractivity contribution in [3.63, 3.8) is 0 Å². The summed E-state index contributed by atoms with van der Waals surface area (Å²) in [6, 6.07) is 7.19. The fourth-order valence-corrected chi connectivity index (χ4v) is 2.56. The Morgan fingerprint density at radius 1 is 1.27 bits per heavy atom. The molecule has 1 aliphatic heterocycles. The first-order chi connectivity index (χ1) is 7.00. The molecule has 1 N–H and O–H groups in total. The lowest BCUT2D eigenvalue weighted by atomic mass is 9.77. The van der Waals surface area contributed by atoms with Crippen LogP contribution in [0.1, 0.15) is 43.5 Å². The van der Waals surface area contributed by atoms with E-state index >= 15 is 0 Å². The molecule has 0 bridgehead atoms. The lowest BCUT2D eigenvalue weighted by Crippen LogP contribution is -2.38. The van der Waals surface area contributed by atoms with Crippen LogP contribution in [0.25, 0.3) is 0 Å². The van der Waals surface area contributed by atoms with E-state index in [1.807, 2.05) is 0 Å². The second kappa shape index (κ2) is 3.64. The molecule has 15 heavy (non-hydrogen) atoms. The van der Waals surface area contributed by atoms with Gasteiger partial charge in [-0.3, -0.25) is 0 Å². The first kappa shape index (κ1) is 10.7. The van der Waals surface area contributed by atoms with Crippen LogP contribution < -0.4 is 5.32 Å². The van der Waals surface area contributed by atoms with Crippen molar-refractivity contribution >= 4 is 0 Å². The zero-order valence-corrected chi connectivity index (χ0v) is 10.2. The average Bonchev–Trinajstić information content (AvgIpc) is 2.16. The lowest BCUT2D eigenvalue weighted by molar-refractivity contribution is 0.263. The lowest BCUT2D eigenvalue weighted by Gasteiger charge is -2.37. The van der Waals surface area contributed by atoms with E-state index in [0.717, 1.165) is 6.54 Å². The van der Waals surface area contributed by atoms with Crippen molar-refractivity contribution in [1.82, 2.24) is 5.32 Å². The van der Waals surface area contributed by atoms with Crippen LogP contribution >= 0.6 is 0 Å². The normalized spacial score (nSPS) is 21.2. The average molecular weight is 203 g/mol. The van der Waals surface area contributed by atoms with Gasteiger partial charge in [0.2, 0.25) is 0 Å². The maximum absolute atomic E-state index is 3.64. The molecule has 0 fully saturated rings. The third-order valence-electron chi connectivity index (χ3n) is 3.35. The van der Waals surface area contributed by atoms with Crippen molar-refractivity contribution < 1.29 is 0 Å². The van der Waals surface area contributed by atoms with Gasteiger partial charge in [0, 0.05) is 6.04 Å². The topological polar surface area (TPSA) is 12.0 Å². The predicted molar refractivity (Wildman–Crippen MR) is 65.1 cm³/mol. The molecule has 1 heterocycles.